The normalized spacial score (nSPS) is 11.5. The summed E-state index contributed by atoms with van der Waals surface area (Å²) in [5.74, 6) is -0.360. The fourth-order valence-electron chi connectivity index (χ4n) is 2.11. The molecule has 2 N–H and O–H groups in total. The lowest BCUT2D eigenvalue weighted by Gasteiger charge is -2.19. The van der Waals surface area contributed by atoms with Gasteiger partial charge in [0.05, 0.1) is 18.6 Å². The monoisotopic (exact) mass is 342 g/mol. The van der Waals surface area contributed by atoms with Crippen molar-refractivity contribution >= 4 is 24.3 Å². The van der Waals surface area contributed by atoms with Crippen LogP contribution >= 0.6 is 12.4 Å². The third-order valence-electron chi connectivity index (χ3n) is 3.11. The third kappa shape index (κ3) is 9.21. The maximum absolute atomic E-state index is 12.0. The molecule has 0 aliphatic heterocycles. The number of nitrogens with one attached hydrogen (secondary N) is 2. The Bertz CT molecular complexity index is 466. The SMILES string of the molecule is CNCCCC(=O)NC(CC(=O)OC(C)C)c1ccccc1.Cl. The molecule has 0 heterocycles. The molecule has 0 radical (unpaired) electrons. The van der Waals surface area contributed by atoms with Crippen LogP contribution in [0.4, 0.5) is 0 Å². The molecule has 0 spiro atoms. The van der Waals surface area contributed by atoms with Crippen LogP contribution in [-0.4, -0.2) is 31.6 Å². The Labute approximate surface area is 144 Å². The van der Waals surface area contributed by atoms with Gasteiger partial charge in [-0.25, -0.2) is 0 Å². The smallest absolute Gasteiger partial charge is 0.308 e. The molecule has 1 amide bonds. The molecule has 0 saturated heterocycles. The van der Waals surface area contributed by atoms with Crippen LogP contribution in [0.15, 0.2) is 30.3 Å². The van der Waals surface area contributed by atoms with E-state index in [1.807, 2.05) is 51.2 Å². The Kier molecular flexibility index (Phi) is 11.1. The van der Waals surface area contributed by atoms with Gasteiger partial charge in [-0.15, -0.1) is 12.4 Å². The van der Waals surface area contributed by atoms with Gasteiger partial charge in [0.25, 0.3) is 0 Å². The fraction of sp³-hybridized carbons (Fsp3) is 0.529. The van der Waals surface area contributed by atoms with Crippen LogP contribution in [0.2, 0.25) is 0 Å². The van der Waals surface area contributed by atoms with Crippen LogP contribution in [0.5, 0.6) is 0 Å². The zero-order chi connectivity index (χ0) is 16.4. The standard InChI is InChI=1S/C17H26N2O3.ClH/c1-13(2)22-17(21)12-15(14-8-5-4-6-9-14)19-16(20)10-7-11-18-3;/h4-6,8-9,13,15,18H,7,10-12H2,1-3H3,(H,19,20);1H. The van der Waals surface area contributed by atoms with Crippen LogP contribution in [-0.2, 0) is 14.3 Å². The van der Waals surface area contributed by atoms with Crippen molar-refractivity contribution in [1.29, 1.82) is 0 Å². The van der Waals surface area contributed by atoms with E-state index in [0.29, 0.717) is 6.42 Å². The second kappa shape index (κ2) is 11.9. The number of amides is 1. The molecule has 6 heteroatoms. The minimum Gasteiger partial charge on any atom is -0.463 e. The largest absolute Gasteiger partial charge is 0.463 e. The second-order valence-electron chi connectivity index (χ2n) is 5.48. The summed E-state index contributed by atoms with van der Waals surface area (Å²) in [6.07, 6.45) is 1.18. The minimum atomic E-state index is -0.352. The highest BCUT2D eigenvalue weighted by Crippen LogP contribution is 2.18. The van der Waals surface area contributed by atoms with Crippen molar-refractivity contribution in [3.05, 3.63) is 35.9 Å². The van der Waals surface area contributed by atoms with Crippen LogP contribution in [0, 0.1) is 0 Å². The highest BCUT2D eigenvalue weighted by atomic mass is 35.5. The molecular weight excluding hydrogens is 316 g/mol. The molecule has 1 aromatic rings. The zero-order valence-corrected chi connectivity index (χ0v) is 14.8. The Hall–Kier alpha value is -1.59. The molecule has 0 aromatic heterocycles. The van der Waals surface area contributed by atoms with E-state index >= 15 is 0 Å². The molecule has 5 nitrogen and oxygen atoms in total. The number of carbonyl (C=O) groups excluding carboxylic acids is 2. The van der Waals surface area contributed by atoms with Gasteiger partial charge < -0.3 is 15.4 Å². The Morgan fingerprint density at radius 2 is 1.83 bits per heavy atom. The van der Waals surface area contributed by atoms with E-state index < -0.39 is 0 Å². The highest BCUT2D eigenvalue weighted by molar-refractivity contribution is 5.85. The van der Waals surface area contributed by atoms with E-state index in [4.69, 9.17) is 4.74 Å². The molecule has 0 saturated carbocycles. The Morgan fingerprint density at radius 1 is 1.17 bits per heavy atom. The minimum absolute atomic E-state index is 0. The first-order chi connectivity index (χ1) is 10.5. The Morgan fingerprint density at radius 3 is 2.39 bits per heavy atom. The number of benzene rings is 1. The van der Waals surface area contributed by atoms with Gasteiger partial charge in [0.15, 0.2) is 0 Å². The topological polar surface area (TPSA) is 67.4 Å². The lowest BCUT2D eigenvalue weighted by Crippen LogP contribution is -2.31. The number of carbonyl (C=O) groups is 2. The molecule has 1 aromatic carbocycles. The van der Waals surface area contributed by atoms with E-state index in [0.717, 1.165) is 18.5 Å². The quantitative estimate of drug-likeness (QED) is 0.534. The predicted molar refractivity (Wildman–Crippen MR) is 93.6 cm³/mol. The lowest BCUT2D eigenvalue weighted by molar-refractivity contribution is -0.148. The van der Waals surface area contributed by atoms with E-state index in [-0.39, 0.29) is 42.9 Å². The van der Waals surface area contributed by atoms with E-state index in [9.17, 15) is 9.59 Å². The van der Waals surface area contributed by atoms with Crippen molar-refractivity contribution in [2.75, 3.05) is 13.6 Å². The highest BCUT2D eigenvalue weighted by Gasteiger charge is 2.19. The lowest BCUT2D eigenvalue weighted by atomic mass is 10.0. The summed E-state index contributed by atoms with van der Waals surface area (Å²) < 4.78 is 5.18. The molecule has 0 aliphatic carbocycles. The molecular formula is C17H27ClN2O3. The number of halogens is 1. The molecule has 1 rings (SSSR count). The van der Waals surface area contributed by atoms with Crippen molar-refractivity contribution in [3.63, 3.8) is 0 Å². The van der Waals surface area contributed by atoms with Crippen LogP contribution < -0.4 is 10.6 Å². The van der Waals surface area contributed by atoms with Crippen LogP contribution in [0.25, 0.3) is 0 Å². The van der Waals surface area contributed by atoms with Gasteiger partial charge in [0.2, 0.25) is 5.91 Å². The van der Waals surface area contributed by atoms with E-state index in [2.05, 4.69) is 10.6 Å². The molecule has 130 valence electrons. The maximum atomic E-state index is 12.0. The predicted octanol–water partition coefficient (Wildman–Crippen LogP) is 2.61. The summed E-state index contributed by atoms with van der Waals surface area (Å²) in [6.45, 7) is 4.41. The molecule has 0 bridgehead atoms. The molecule has 1 atom stereocenters. The van der Waals surface area contributed by atoms with Gasteiger partial charge >= 0.3 is 5.97 Å². The van der Waals surface area contributed by atoms with Crippen molar-refractivity contribution in [3.8, 4) is 0 Å². The molecule has 0 fully saturated rings. The van der Waals surface area contributed by atoms with E-state index in [1.165, 1.54) is 0 Å². The number of hydrogen-bond donors (Lipinski definition) is 2. The first kappa shape index (κ1) is 21.4. The van der Waals surface area contributed by atoms with E-state index in [1.54, 1.807) is 0 Å². The average Bonchev–Trinajstić information content (AvgIpc) is 2.47. The molecule has 1 unspecified atom stereocenters. The molecule has 23 heavy (non-hydrogen) atoms. The number of hydrogen-bond acceptors (Lipinski definition) is 4. The summed E-state index contributed by atoms with van der Waals surface area (Å²) in [5.41, 5.74) is 0.908. The van der Waals surface area contributed by atoms with Gasteiger partial charge in [0, 0.05) is 6.42 Å². The summed E-state index contributed by atoms with van der Waals surface area (Å²) in [4.78, 5) is 23.9. The first-order valence-electron chi connectivity index (χ1n) is 7.71. The molecule has 0 aliphatic rings. The van der Waals surface area contributed by atoms with Crippen LogP contribution in [0.1, 0.15) is 44.7 Å². The number of ether oxygens (including phenoxy) is 1. The van der Waals surface area contributed by atoms with Gasteiger partial charge in [-0.1, -0.05) is 30.3 Å². The van der Waals surface area contributed by atoms with Crippen molar-refractivity contribution in [2.45, 2.75) is 45.3 Å². The number of esters is 1. The van der Waals surface area contributed by atoms with Gasteiger partial charge in [-0.05, 0) is 39.4 Å². The summed E-state index contributed by atoms with van der Waals surface area (Å²) in [5, 5.41) is 5.94. The van der Waals surface area contributed by atoms with Crippen LogP contribution in [0.3, 0.4) is 0 Å². The first-order valence-corrected chi connectivity index (χ1v) is 7.71. The zero-order valence-electron chi connectivity index (χ0n) is 14.0. The van der Waals surface area contributed by atoms with Gasteiger partial charge in [-0.2, -0.15) is 0 Å². The summed E-state index contributed by atoms with van der Waals surface area (Å²) >= 11 is 0. The Balaban J connectivity index is 0.00000484. The van der Waals surface area contributed by atoms with Crippen molar-refractivity contribution in [1.82, 2.24) is 10.6 Å². The van der Waals surface area contributed by atoms with Gasteiger partial charge in [0.1, 0.15) is 0 Å². The fourth-order valence-corrected chi connectivity index (χ4v) is 2.11. The maximum Gasteiger partial charge on any atom is 0.308 e. The average molecular weight is 343 g/mol. The second-order valence-corrected chi connectivity index (χ2v) is 5.48. The van der Waals surface area contributed by atoms with Gasteiger partial charge in [-0.3, -0.25) is 9.59 Å². The van der Waals surface area contributed by atoms with Crippen molar-refractivity contribution in [2.24, 2.45) is 0 Å². The number of rotatable bonds is 9. The summed E-state index contributed by atoms with van der Waals surface area (Å²) in [6, 6.07) is 9.14. The third-order valence-corrected chi connectivity index (χ3v) is 3.11. The van der Waals surface area contributed by atoms with Crippen molar-refractivity contribution < 1.29 is 14.3 Å². The summed E-state index contributed by atoms with van der Waals surface area (Å²) in [7, 11) is 1.85.